The van der Waals surface area contributed by atoms with Crippen molar-refractivity contribution in [2.24, 2.45) is 0 Å². The summed E-state index contributed by atoms with van der Waals surface area (Å²) in [5.74, 6) is 1.02. The molecule has 0 unspecified atom stereocenters. The summed E-state index contributed by atoms with van der Waals surface area (Å²) in [7, 11) is 0. The Bertz CT molecular complexity index is 488. The SMILES string of the molecule is Brc1cccc2[nH]c(CNC3CC3)nc12. The number of fused-ring (bicyclic) bond motifs is 1. The molecule has 1 saturated carbocycles. The van der Waals surface area contributed by atoms with E-state index in [0.717, 1.165) is 33.9 Å². The Morgan fingerprint density at radius 2 is 2.33 bits per heavy atom. The molecule has 1 aromatic heterocycles. The lowest BCUT2D eigenvalue weighted by Crippen LogP contribution is -2.16. The zero-order chi connectivity index (χ0) is 10.3. The van der Waals surface area contributed by atoms with Crippen LogP contribution in [0.1, 0.15) is 18.7 Å². The molecule has 0 bridgehead atoms. The van der Waals surface area contributed by atoms with E-state index in [1.165, 1.54) is 12.8 Å². The van der Waals surface area contributed by atoms with Crippen LogP contribution in [0.15, 0.2) is 22.7 Å². The third-order valence-electron chi connectivity index (χ3n) is 2.65. The third-order valence-corrected chi connectivity index (χ3v) is 3.29. The number of halogens is 1. The Morgan fingerprint density at radius 3 is 3.07 bits per heavy atom. The maximum Gasteiger partial charge on any atom is 0.121 e. The van der Waals surface area contributed by atoms with E-state index >= 15 is 0 Å². The first kappa shape index (κ1) is 9.36. The van der Waals surface area contributed by atoms with E-state index in [1.54, 1.807) is 0 Å². The van der Waals surface area contributed by atoms with E-state index in [4.69, 9.17) is 0 Å². The third kappa shape index (κ3) is 1.92. The van der Waals surface area contributed by atoms with Gasteiger partial charge in [-0.25, -0.2) is 4.98 Å². The summed E-state index contributed by atoms with van der Waals surface area (Å²) in [5.41, 5.74) is 2.11. The summed E-state index contributed by atoms with van der Waals surface area (Å²) in [6, 6.07) is 6.80. The fourth-order valence-electron chi connectivity index (χ4n) is 1.66. The van der Waals surface area contributed by atoms with Crippen molar-refractivity contribution in [3.8, 4) is 0 Å². The molecule has 15 heavy (non-hydrogen) atoms. The van der Waals surface area contributed by atoms with Gasteiger partial charge in [-0.2, -0.15) is 0 Å². The molecule has 0 spiro atoms. The Morgan fingerprint density at radius 1 is 1.47 bits per heavy atom. The van der Waals surface area contributed by atoms with Crippen LogP contribution >= 0.6 is 15.9 Å². The fourth-order valence-corrected chi connectivity index (χ4v) is 2.12. The molecule has 2 N–H and O–H groups in total. The molecule has 0 amide bonds. The van der Waals surface area contributed by atoms with Gasteiger partial charge >= 0.3 is 0 Å². The normalized spacial score (nSPS) is 16.1. The summed E-state index contributed by atoms with van der Waals surface area (Å²) >= 11 is 3.50. The predicted molar refractivity (Wildman–Crippen MR) is 63.7 cm³/mol. The summed E-state index contributed by atoms with van der Waals surface area (Å²) in [6.07, 6.45) is 2.62. The van der Waals surface area contributed by atoms with Crippen molar-refractivity contribution in [1.29, 1.82) is 0 Å². The molecular formula is C11H12BrN3. The molecule has 1 heterocycles. The smallest absolute Gasteiger partial charge is 0.121 e. The Hall–Kier alpha value is -0.870. The van der Waals surface area contributed by atoms with Gasteiger partial charge in [-0.05, 0) is 40.9 Å². The zero-order valence-corrected chi connectivity index (χ0v) is 9.84. The number of hydrogen-bond acceptors (Lipinski definition) is 2. The molecule has 4 heteroatoms. The van der Waals surface area contributed by atoms with Crippen molar-refractivity contribution >= 4 is 27.0 Å². The van der Waals surface area contributed by atoms with Crippen LogP contribution in [0.4, 0.5) is 0 Å². The quantitative estimate of drug-likeness (QED) is 0.896. The number of benzene rings is 1. The molecule has 1 aliphatic rings. The predicted octanol–water partition coefficient (Wildman–Crippen LogP) is 2.58. The van der Waals surface area contributed by atoms with Gasteiger partial charge in [0, 0.05) is 10.5 Å². The number of rotatable bonds is 3. The van der Waals surface area contributed by atoms with Crippen LogP contribution < -0.4 is 5.32 Å². The molecule has 0 saturated heterocycles. The lowest BCUT2D eigenvalue weighted by Gasteiger charge is -1.96. The van der Waals surface area contributed by atoms with E-state index in [-0.39, 0.29) is 0 Å². The van der Waals surface area contributed by atoms with Gasteiger partial charge in [0.05, 0.1) is 12.1 Å². The highest BCUT2D eigenvalue weighted by atomic mass is 79.9. The molecular weight excluding hydrogens is 254 g/mol. The van der Waals surface area contributed by atoms with Crippen molar-refractivity contribution in [1.82, 2.24) is 15.3 Å². The minimum Gasteiger partial charge on any atom is -0.341 e. The van der Waals surface area contributed by atoms with E-state index in [0.29, 0.717) is 0 Å². The number of nitrogens with one attached hydrogen (secondary N) is 2. The summed E-state index contributed by atoms with van der Waals surface area (Å²) in [4.78, 5) is 7.86. The van der Waals surface area contributed by atoms with Gasteiger partial charge in [0.25, 0.3) is 0 Å². The van der Waals surface area contributed by atoms with Crippen molar-refractivity contribution in [3.63, 3.8) is 0 Å². The number of hydrogen-bond donors (Lipinski definition) is 2. The van der Waals surface area contributed by atoms with Crippen molar-refractivity contribution in [2.45, 2.75) is 25.4 Å². The second-order valence-corrected chi connectivity index (χ2v) is 4.83. The first-order valence-corrected chi connectivity index (χ1v) is 5.99. The Balaban J connectivity index is 1.88. The summed E-state index contributed by atoms with van der Waals surface area (Å²) in [5, 5.41) is 3.44. The molecule has 3 nitrogen and oxygen atoms in total. The molecule has 1 aliphatic carbocycles. The van der Waals surface area contributed by atoms with E-state index in [1.807, 2.05) is 18.2 Å². The average Bonchev–Trinajstić information content (AvgIpc) is 2.95. The molecule has 2 aromatic rings. The van der Waals surface area contributed by atoms with E-state index < -0.39 is 0 Å². The van der Waals surface area contributed by atoms with Crippen molar-refractivity contribution in [3.05, 3.63) is 28.5 Å². The topological polar surface area (TPSA) is 40.7 Å². The number of H-pyrrole nitrogens is 1. The molecule has 78 valence electrons. The van der Waals surface area contributed by atoms with E-state index in [2.05, 4.69) is 31.2 Å². The van der Waals surface area contributed by atoms with Gasteiger partial charge in [-0.3, -0.25) is 0 Å². The van der Waals surface area contributed by atoms with Crippen molar-refractivity contribution < 1.29 is 0 Å². The molecule has 1 fully saturated rings. The van der Waals surface area contributed by atoms with Crippen LogP contribution in [0.25, 0.3) is 11.0 Å². The maximum absolute atomic E-state index is 4.55. The summed E-state index contributed by atoms with van der Waals surface area (Å²) in [6.45, 7) is 0.839. The highest BCUT2D eigenvalue weighted by molar-refractivity contribution is 9.10. The van der Waals surface area contributed by atoms with Crippen LogP contribution in [-0.4, -0.2) is 16.0 Å². The van der Waals surface area contributed by atoms with Gasteiger partial charge in [0.1, 0.15) is 11.3 Å². The van der Waals surface area contributed by atoms with Crippen LogP contribution in [0.5, 0.6) is 0 Å². The minimum atomic E-state index is 0.724. The van der Waals surface area contributed by atoms with Gasteiger partial charge in [0.15, 0.2) is 0 Å². The monoisotopic (exact) mass is 265 g/mol. The maximum atomic E-state index is 4.55. The van der Waals surface area contributed by atoms with Gasteiger partial charge in [-0.1, -0.05) is 6.07 Å². The molecule has 0 radical (unpaired) electrons. The van der Waals surface area contributed by atoms with Gasteiger partial charge in [-0.15, -0.1) is 0 Å². The average molecular weight is 266 g/mol. The Labute approximate surface area is 96.4 Å². The van der Waals surface area contributed by atoms with Crippen LogP contribution in [0, 0.1) is 0 Å². The van der Waals surface area contributed by atoms with Gasteiger partial charge < -0.3 is 10.3 Å². The highest BCUT2D eigenvalue weighted by Gasteiger charge is 2.20. The molecule has 0 aliphatic heterocycles. The number of aromatic amines is 1. The zero-order valence-electron chi connectivity index (χ0n) is 8.26. The molecule has 3 rings (SSSR count). The minimum absolute atomic E-state index is 0.724. The van der Waals surface area contributed by atoms with Crippen LogP contribution in [0.3, 0.4) is 0 Å². The van der Waals surface area contributed by atoms with Gasteiger partial charge in [0.2, 0.25) is 0 Å². The number of imidazole rings is 1. The molecule has 0 atom stereocenters. The first-order valence-electron chi connectivity index (χ1n) is 5.19. The van der Waals surface area contributed by atoms with Crippen LogP contribution in [0.2, 0.25) is 0 Å². The first-order chi connectivity index (χ1) is 7.33. The second-order valence-electron chi connectivity index (χ2n) is 3.97. The lowest BCUT2D eigenvalue weighted by atomic mass is 10.3. The molecule has 1 aromatic carbocycles. The number of para-hydroxylation sites is 1. The largest absolute Gasteiger partial charge is 0.341 e. The number of aromatic nitrogens is 2. The lowest BCUT2D eigenvalue weighted by molar-refractivity contribution is 0.665. The highest BCUT2D eigenvalue weighted by Crippen LogP contribution is 2.22. The van der Waals surface area contributed by atoms with Crippen LogP contribution in [-0.2, 0) is 6.54 Å². The van der Waals surface area contributed by atoms with E-state index in [9.17, 15) is 0 Å². The fraction of sp³-hybridized carbons (Fsp3) is 0.364. The number of nitrogens with zero attached hydrogens (tertiary/aromatic N) is 1. The van der Waals surface area contributed by atoms with Crippen molar-refractivity contribution in [2.75, 3.05) is 0 Å². The summed E-state index contributed by atoms with van der Waals surface area (Å²) < 4.78 is 1.05. The second kappa shape index (κ2) is 3.61. The Kier molecular flexibility index (Phi) is 2.25. The standard InChI is InChI=1S/C11H12BrN3/c12-8-2-1-3-9-11(8)15-10(14-9)6-13-7-4-5-7/h1-3,7,13H,4-6H2,(H,14,15).